The number of carbonyl (C=O) groups excluding carboxylic acids is 1. The summed E-state index contributed by atoms with van der Waals surface area (Å²) in [5.74, 6) is 2.34. The monoisotopic (exact) mass is 445 g/mol. The van der Waals surface area contributed by atoms with Crippen LogP contribution in [0.5, 0.6) is 0 Å². The van der Waals surface area contributed by atoms with E-state index in [2.05, 4.69) is 38.1 Å². The van der Waals surface area contributed by atoms with Crippen LogP contribution in [-0.4, -0.2) is 57.7 Å². The molecule has 0 spiro atoms. The van der Waals surface area contributed by atoms with Crippen molar-refractivity contribution in [2.75, 3.05) is 37.5 Å². The molecule has 31 heavy (non-hydrogen) atoms. The number of thioether (sulfide) groups is 1. The largest absolute Gasteiger partial charge is 0.385 e. The highest BCUT2D eigenvalue weighted by molar-refractivity contribution is 7.99. The van der Waals surface area contributed by atoms with Crippen molar-refractivity contribution in [1.29, 1.82) is 0 Å². The first-order chi connectivity index (χ1) is 15.0. The minimum absolute atomic E-state index is 0.162. The molecule has 8 heteroatoms. The highest BCUT2D eigenvalue weighted by Gasteiger charge is 2.32. The van der Waals surface area contributed by atoms with E-state index in [4.69, 9.17) is 4.74 Å². The first-order valence-electron chi connectivity index (χ1n) is 11.5. The number of methoxy groups -OCH3 is 1. The van der Waals surface area contributed by atoms with Gasteiger partial charge in [-0.3, -0.25) is 9.36 Å². The molecule has 0 bridgehead atoms. The van der Waals surface area contributed by atoms with E-state index < -0.39 is 0 Å². The molecule has 0 radical (unpaired) electrons. The molecule has 0 unspecified atom stereocenters. The molecular weight excluding hydrogens is 410 g/mol. The third-order valence-electron chi connectivity index (χ3n) is 6.56. The minimum atomic E-state index is 0.162. The average Bonchev–Trinajstić information content (AvgIpc) is 3.45. The van der Waals surface area contributed by atoms with Crippen molar-refractivity contribution in [2.45, 2.75) is 70.6 Å². The normalized spacial score (nSPS) is 17.5. The maximum atomic E-state index is 13.0. The summed E-state index contributed by atoms with van der Waals surface area (Å²) in [6.07, 6.45) is 5.72. The minimum Gasteiger partial charge on any atom is -0.385 e. The Morgan fingerprint density at radius 2 is 1.94 bits per heavy atom. The van der Waals surface area contributed by atoms with Crippen LogP contribution in [0.3, 0.4) is 0 Å². The maximum absolute atomic E-state index is 13.0. The molecule has 7 nitrogen and oxygen atoms in total. The van der Waals surface area contributed by atoms with Crippen molar-refractivity contribution in [1.82, 2.24) is 19.3 Å². The highest BCUT2D eigenvalue weighted by atomic mass is 32.2. The highest BCUT2D eigenvalue weighted by Crippen LogP contribution is 2.41. The molecule has 2 fully saturated rings. The van der Waals surface area contributed by atoms with Gasteiger partial charge in [-0.15, -0.1) is 10.2 Å². The predicted molar refractivity (Wildman–Crippen MR) is 124 cm³/mol. The molecular formula is C23H35N5O2S. The van der Waals surface area contributed by atoms with Gasteiger partial charge >= 0.3 is 0 Å². The van der Waals surface area contributed by atoms with E-state index in [9.17, 15) is 4.79 Å². The molecule has 2 aromatic rings. The van der Waals surface area contributed by atoms with Crippen LogP contribution in [0.2, 0.25) is 0 Å². The smallest absolute Gasteiger partial charge is 0.228 e. The van der Waals surface area contributed by atoms with Crippen molar-refractivity contribution in [3.8, 4) is 0 Å². The zero-order chi connectivity index (χ0) is 22.0. The van der Waals surface area contributed by atoms with Crippen LogP contribution in [0.25, 0.3) is 0 Å². The number of piperidine rings is 1. The summed E-state index contributed by atoms with van der Waals surface area (Å²) >= 11 is 1.53. The quantitative estimate of drug-likeness (QED) is 0.309. The Morgan fingerprint density at radius 3 is 2.61 bits per heavy atom. The third kappa shape index (κ3) is 5.00. The fourth-order valence-corrected chi connectivity index (χ4v) is 5.33. The van der Waals surface area contributed by atoms with Crippen molar-refractivity contribution in [3.05, 3.63) is 23.0 Å². The van der Waals surface area contributed by atoms with E-state index in [1.54, 1.807) is 7.11 Å². The van der Waals surface area contributed by atoms with Gasteiger partial charge in [0, 0.05) is 56.3 Å². The van der Waals surface area contributed by atoms with Gasteiger partial charge in [-0.05, 0) is 57.9 Å². The molecule has 0 aromatic carbocycles. The van der Waals surface area contributed by atoms with Gasteiger partial charge < -0.3 is 14.2 Å². The Kier molecular flexibility index (Phi) is 7.06. The molecule has 0 atom stereocenters. The molecule has 1 aliphatic carbocycles. The Bertz CT molecular complexity index is 909. The van der Waals surface area contributed by atoms with Gasteiger partial charge in [0.25, 0.3) is 0 Å². The number of hydrogen-bond donors (Lipinski definition) is 0. The lowest BCUT2D eigenvalue weighted by Crippen LogP contribution is -2.34. The molecule has 2 aliphatic rings. The summed E-state index contributed by atoms with van der Waals surface area (Å²) in [6, 6.07) is 2.52. The summed E-state index contributed by atoms with van der Waals surface area (Å²) in [5, 5.41) is 9.93. The van der Waals surface area contributed by atoms with Crippen LogP contribution in [-0.2, 0) is 11.3 Å². The lowest BCUT2D eigenvalue weighted by atomic mass is 10.00. The van der Waals surface area contributed by atoms with Gasteiger partial charge in [-0.1, -0.05) is 18.7 Å². The van der Waals surface area contributed by atoms with E-state index in [1.165, 1.54) is 37.4 Å². The molecule has 0 N–H and O–H groups in total. The van der Waals surface area contributed by atoms with Gasteiger partial charge in [0.2, 0.25) is 5.95 Å². The van der Waals surface area contributed by atoms with E-state index in [0.29, 0.717) is 11.8 Å². The Labute approximate surface area is 189 Å². The Hall–Kier alpha value is -1.80. The Morgan fingerprint density at radius 1 is 1.19 bits per heavy atom. The summed E-state index contributed by atoms with van der Waals surface area (Å²) in [7, 11) is 1.72. The summed E-state index contributed by atoms with van der Waals surface area (Å²) in [6.45, 7) is 10.1. The van der Waals surface area contributed by atoms with E-state index >= 15 is 0 Å². The second-order valence-corrected chi connectivity index (χ2v) is 9.99. The fourth-order valence-electron chi connectivity index (χ4n) is 4.45. The number of aryl methyl sites for hydroxylation is 1. The van der Waals surface area contributed by atoms with Crippen molar-refractivity contribution in [3.63, 3.8) is 0 Å². The SMILES string of the molecule is COCCCn1c(C)cc(C(=O)CSc2nnc(N3CCC(C)CC3)n2C2CC2)c1C. The van der Waals surface area contributed by atoms with Crippen LogP contribution in [0.1, 0.15) is 66.8 Å². The molecule has 1 aliphatic heterocycles. The first kappa shape index (κ1) is 22.4. The molecule has 170 valence electrons. The van der Waals surface area contributed by atoms with Gasteiger partial charge in [-0.25, -0.2) is 0 Å². The maximum Gasteiger partial charge on any atom is 0.228 e. The second kappa shape index (κ2) is 9.77. The number of anilines is 1. The molecule has 2 aromatic heterocycles. The molecule has 4 rings (SSSR count). The van der Waals surface area contributed by atoms with Gasteiger partial charge in [0.1, 0.15) is 0 Å². The van der Waals surface area contributed by atoms with E-state index in [1.807, 2.05) is 13.0 Å². The summed E-state index contributed by atoms with van der Waals surface area (Å²) in [5.41, 5.74) is 3.00. The third-order valence-corrected chi connectivity index (χ3v) is 7.50. The van der Waals surface area contributed by atoms with Gasteiger partial charge in [0.15, 0.2) is 10.9 Å². The van der Waals surface area contributed by atoms with Crippen LogP contribution in [0.15, 0.2) is 11.2 Å². The Balaban J connectivity index is 1.44. The second-order valence-electron chi connectivity index (χ2n) is 9.05. The van der Waals surface area contributed by atoms with Crippen LogP contribution >= 0.6 is 11.8 Å². The van der Waals surface area contributed by atoms with Crippen LogP contribution < -0.4 is 4.90 Å². The predicted octanol–water partition coefficient (Wildman–Crippen LogP) is 4.28. The first-order valence-corrected chi connectivity index (χ1v) is 12.5. The number of carbonyl (C=O) groups is 1. The zero-order valence-corrected chi connectivity index (χ0v) is 20.1. The summed E-state index contributed by atoms with van der Waals surface area (Å²) < 4.78 is 9.68. The van der Waals surface area contributed by atoms with Crippen LogP contribution in [0, 0.1) is 19.8 Å². The number of aromatic nitrogens is 4. The fraction of sp³-hybridized carbons (Fsp3) is 0.696. The summed E-state index contributed by atoms with van der Waals surface area (Å²) in [4.78, 5) is 15.4. The topological polar surface area (TPSA) is 65.2 Å². The van der Waals surface area contributed by atoms with Gasteiger partial charge in [0.05, 0.1) is 5.75 Å². The van der Waals surface area contributed by atoms with Gasteiger partial charge in [-0.2, -0.15) is 0 Å². The van der Waals surface area contributed by atoms with Crippen molar-refractivity contribution < 1.29 is 9.53 Å². The molecule has 0 amide bonds. The number of nitrogens with zero attached hydrogens (tertiary/aromatic N) is 5. The lowest BCUT2D eigenvalue weighted by Gasteiger charge is -2.31. The number of ether oxygens (including phenoxy) is 1. The van der Waals surface area contributed by atoms with E-state index in [0.717, 1.165) is 66.6 Å². The lowest BCUT2D eigenvalue weighted by molar-refractivity contribution is 0.102. The van der Waals surface area contributed by atoms with Crippen molar-refractivity contribution in [2.24, 2.45) is 5.92 Å². The molecule has 3 heterocycles. The number of ketones is 1. The standard InChI is InChI=1S/C23H35N5O2S/c1-16-8-11-26(12-9-16)22-24-25-23(28(22)19-6-7-19)31-15-21(29)20-14-17(2)27(18(20)3)10-5-13-30-4/h14,16,19H,5-13,15H2,1-4H3. The number of Topliss-reactive ketones (excluding diaryl/α,β-unsaturated/α-hetero) is 1. The average molecular weight is 446 g/mol. The number of hydrogen-bond acceptors (Lipinski definition) is 6. The van der Waals surface area contributed by atoms with Crippen molar-refractivity contribution >= 4 is 23.5 Å². The molecule has 1 saturated heterocycles. The zero-order valence-electron chi connectivity index (χ0n) is 19.3. The number of rotatable bonds is 10. The molecule has 1 saturated carbocycles. The van der Waals surface area contributed by atoms with Crippen LogP contribution in [0.4, 0.5) is 5.95 Å². The van der Waals surface area contributed by atoms with E-state index in [-0.39, 0.29) is 5.78 Å².